The van der Waals surface area contributed by atoms with E-state index in [4.69, 9.17) is 0 Å². The van der Waals surface area contributed by atoms with E-state index in [0.717, 1.165) is 29.3 Å². The lowest BCUT2D eigenvalue weighted by Gasteiger charge is -2.35. The molecule has 2 aromatic carbocycles. The summed E-state index contributed by atoms with van der Waals surface area (Å²) < 4.78 is 86.4. The highest BCUT2D eigenvalue weighted by atomic mass is 19.3. The van der Waals surface area contributed by atoms with Crippen molar-refractivity contribution in [3.05, 3.63) is 89.6 Å². The lowest BCUT2D eigenvalue weighted by atomic mass is 9.85. The monoisotopic (exact) mass is 466 g/mol. The van der Waals surface area contributed by atoms with Crippen LogP contribution in [0.1, 0.15) is 11.3 Å². The summed E-state index contributed by atoms with van der Waals surface area (Å²) in [5.74, 6) is -9.05. The second-order valence-corrected chi connectivity index (χ2v) is 6.98. The summed E-state index contributed by atoms with van der Waals surface area (Å²) in [6, 6.07) is 4.52. The van der Waals surface area contributed by atoms with E-state index in [0.29, 0.717) is 24.4 Å². The van der Waals surface area contributed by atoms with Crippen LogP contribution in [-0.2, 0) is 18.1 Å². The lowest BCUT2D eigenvalue weighted by molar-refractivity contribution is -0.208. The molecule has 4 rings (SSSR count). The molecule has 0 saturated heterocycles. The smallest absolute Gasteiger partial charge is 0.325 e. The van der Waals surface area contributed by atoms with Crippen molar-refractivity contribution < 1.29 is 31.4 Å². The molecule has 0 aliphatic heterocycles. The van der Waals surface area contributed by atoms with E-state index in [2.05, 4.69) is 25.5 Å². The van der Waals surface area contributed by atoms with E-state index in [-0.39, 0.29) is 11.3 Å². The Morgan fingerprint density at radius 2 is 1.67 bits per heavy atom. The van der Waals surface area contributed by atoms with Gasteiger partial charge in [-0.15, -0.1) is 5.10 Å². The first-order chi connectivity index (χ1) is 15.6. The molecule has 1 atom stereocenters. The Morgan fingerprint density at radius 3 is 2.27 bits per heavy atom. The van der Waals surface area contributed by atoms with Crippen LogP contribution in [0.2, 0.25) is 0 Å². The number of rotatable bonds is 6. The highest BCUT2D eigenvalue weighted by molar-refractivity contribution is 5.58. The van der Waals surface area contributed by atoms with Crippen molar-refractivity contribution in [1.29, 1.82) is 0 Å². The first kappa shape index (κ1) is 22.3. The minimum atomic E-state index is -4.29. The maximum atomic E-state index is 15.6. The number of aromatic nitrogens is 6. The second kappa shape index (κ2) is 8.24. The largest absolute Gasteiger partial charge is 0.377 e. The fraction of sp³-hybridized carbons (Fsp3) is 0.150. The van der Waals surface area contributed by atoms with Gasteiger partial charge in [-0.2, -0.15) is 8.78 Å². The van der Waals surface area contributed by atoms with Crippen LogP contribution in [0.15, 0.2) is 55.1 Å². The maximum absolute atomic E-state index is 15.6. The minimum absolute atomic E-state index is 0.0600. The Morgan fingerprint density at radius 1 is 0.879 bits per heavy atom. The van der Waals surface area contributed by atoms with Crippen LogP contribution in [0.5, 0.6) is 0 Å². The van der Waals surface area contributed by atoms with Crippen LogP contribution in [0, 0.1) is 23.3 Å². The van der Waals surface area contributed by atoms with Gasteiger partial charge in [0.05, 0.1) is 24.6 Å². The van der Waals surface area contributed by atoms with E-state index >= 15 is 8.78 Å². The Hall–Kier alpha value is -3.87. The summed E-state index contributed by atoms with van der Waals surface area (Å²) in [6.07, 6.45) is 2.37. The summed E-state index contributed by atoms with van der Waals surface area (Å²) in [5, 5.41) is 21.1. The number of halogens is 6. The predicted molar refractivity (Wildman–Crippen MR) is 99.3 cm³/mol. The molecule has 170 valence electrons. The summed E-state index contributed by atoms with van der Waals surface area (Å²) in [4.78, 5) is 7.38. The molecule has 13 heteroatoms. The van der Waals surface area contributed by atoms with Gasteiger partial charge in [0, 0.05) is 17.2 Å². The molecular weight excluding hydrogens is 454 g/mol. The summed E-state index contributed by atoms with van der Waals surface area (Å²) >= 11 is 0. The summed E-state index contributed by atoms with van der Waals surface area (Å²) in [7, 11) is 0. The van der Waals surface area contributed by atoms with E-state index in [1.807, 2.05) is 0 Å². The van der Waals surface area contributed by atoms with E-state index in [1.54, 1.807) is 0 Å². The highest BCUT2D eigenvalue weighted by Gasteiger charge is 2.58. The van der Waals surface area contributed by atoms with Crippen molar-refractivity contribution in [2.24, 2.45) is 0 Å². The van der Waals surface area contributed by atoms with Gasteiger partial charge in [-0.1, -0.05) is 0 Å². The van der Waals surface area contributed by atoms with Gasteiger partial charge in [0.1, 0.15) is 23.7 Å². The quantitative estimate of drug-likeness (QED) is 0.439. The number of tetrazole rings is 1. The molecule has 0 saturated carbocycles. The number of benzene rings is 2. The second-order valence-electron chi connectivity index (χ2n) is 6.98. The molecule has 33 heavy (non-hydrogen) atoms. The number of nitrogens with zero attached hydrogens (tertiary/aromatic N) is 6. The van der Waals surface area contributed by atoms with Crippen LogP contribution in [-0.4, -0.2) is 35.3 Å². The Bertz CT molecular complexity index is 1280. The topological polar surface area (TPSA) is 89.6 Å². The molecule has 2 heterocycles. The number of aliphatic hydroxyl groups is 1. The molecule has 1 unspecified atom stereocenters. The zero-order chi connectivity index (χ0) is 23.8. The fourth-order valence-electron chi connectivity index (χ4n) is 3.17. The number of hydrogen-bond acceptors (Lipinski definition) is 6. The molecule has 0 radical (unpaired) electrons. The predicted octanol–water partition coefficient (Wildman–Crippen LogP) is 3.37. The van der Waals surface area contributed by atoms with Crippen molar-refractivity contribution in [3.8, 4) is 11.3 Å². The van der Waals surface area contributed by atoms with Gasteiger partial charge in [-0.25, -0.2) is 22.2 Å². The molecule has 0 aliphatic carbocycles. The lowest BCUT2D eigenvalue weighted by Crippen LogP contribution is -2.48. The first-order valence-electron chi connectivity index (χ1n) is 9.16. The zero-order valence-electron chi connectivity index (χ0n) is 16.3. The standard InChI is InChI=1S/C20H12F6N6O/c21-12-2-3-13(15(23)6-12)19(33,9-32-10-29-30-31-32)20(25,26)18-8-27-17(7-28-18)11-1-4-14(22)16(24)5-11/h1-8,10,33H,9H2. The third kappa shape index (κ3) is 4.02. The molecule has 0 bridgehead atoms. The number of alkyl halides is 2. The average Bonchev–Trinajstić information content (AvgIpc) is 3.28. The maximum Gasteiger partial charge on any atom is 0.325 e. The van der Waals surface area contributed by atoms with Crippen LogP contribution in [0.25, 0.3) is 11.3 Å². The summed E-state index contributed by atoms with van der Waals surface area (Å²) in [6.45, 7) is -1.03. The van der Waals surface area contributed by atoms with Gasteiger partial charge in [0.25, 0.3) is 0 Å². The SMILES string of the molecule is OC(Cn1cnnn1)(c1ccc(F)cc1F)C(F)(F)c1cnc(-c2ccc(F)c(F)c2)cn1. The van der Waals surface area contributed by atoms with Gasteiger partial charge < -0.3 is 5.11 Å². The Labute approximate surface area is 181 Å². The normalized spacial score (nSPS) is 13.7. The fourth-order valence-corrected chi connectivity index (χ4v) is 3.17. The number of hydrogen-bond donors (Lipinski definition) is 1. The van der Waals surface area contributed by atoms with Gasteiger partial charge in [0.15, 0.2) is 17.2 Å². The molecule has 2 aromatic heterocycles. The van der Waals surface area contributed by atoms with Gasteiger partial charge in [-0.05, 0) is 40.8 Å². The van der Waals surface area contributed by atoms with Gasteiger partial charge in [-0.3, -0.25) is 9.97 Å². The van der Waals surface area contributed by atoms with Crippen LogP contribution in [0.3, 0.4) is 0 Å². The summed E-state index contributed by atoms with van der Waals surface area (Å²) in [5.41, 5.74) is -5.34. The van der Waals surface area contributed by atoms with Crippen LogP contribution >= 0.6 is 0 Å². The van der Waals surface area contributed by atoms with E-state index in [9.17, 15) is 22.7 Å². The van der Waals surface area contributed by atoms with E-state index < -0.39 is 52.6 Å². The van der Waals surface area contributed by atoms with Crippen molar-refractivity contribution >= 4 is 0 Å². The Kier molecular flexibility index (Phi) is 5.57. The third-order valence-electron chi connectivity index (χ3n) is 4.87. The minimum Gasteiger partial charge on any atom is -0.377 e. The molecular formula is C20H12F6N6O. The van der Waals surface area contributed by atoms with Crippen LogP contribution < -0.4 is 0 Å². The van der Waals surface area contributed by atoms with Crippen molar-refractivity contribution in [2.45, 2.75) is 18.1 Å². The highest BCUT2D eigenvalue weighted by Crippen LogP contribution is 2.46. The average molecular weight is 466 g/mol. The molecule has 0 fully saturated rings. The molecule has 1 N–H and O–H groups in total. The first-order valence-corrected chi connectivity index (χ1v) is 9.16. The molecule has 0 amide bonds. The van der Waals surface area contributed by atoms with E-state index in [1.165, 1.54) is 6.07 Å². The molecule has 0 spiro atoms. The van der Waals surface area contributed by atoms with Crippen molar-refractivity contribution in [1.82, 2.24) is 30.2 Å². The van der Waals surface area contributed by atoms with Gasteiger partial charge >= 0.3 is 5.92 Å². The van der Waals surface area contributed by atoms with Crippen LogP contribution in [0.4, 0.5) is 26.3 Å². The van der Waals surface area contributed by atoms with Crippen molar-refractivity contribution in [2.75, 3.05) is 0 Å². The van der Waals surface area contributed by atoms with Crippen molar-refractivity contribution in [3.63, 3.8) is 0 Å². The molecule has 0 aliphatic rings. The third-order valence-corrected chi connectivity index (χ3v) is 4.87. The zero-order valence-corrected chi connectivity index (χ0v) is 16.3. The molecule has 7 nitrogen and oxygen atoms in total. The molecule has 4 aromatic rings. The Balaban J connectivity index is 1.78. The van der Waals surface area contributed by atoms with Gasteiger partial charge in [0.2, 0.25) is 0 Å².